The van der Waals surface area contributed by atoms with E-state index >= 15 is 0 Å². The summed E-state index contributed by atoms with van der Waals surface area (Å²) in [4.78, 5) is 9.39. The molecule has 28 heavy (non-hydrogen) atoms. The number of halogens is 1. The number of aliphatic imine (C=N–C) groups is 1. The van der Waals surface area contributed by atoms with Gasteiger partial charge in [-0.2, -0.15) is 0 Å². The van der Waals surface area contributed by atoms with Gasteiger partial charge in [0.1, 0.15) is 11.4 Å². The van der Waals surface area contributed by atoms with Crippen LogP contribution in [0, 0.1) is 6.92 Å². The molecule has 0 saturated heterocycles. The Hall–Kier alpha value is -2.29. The maximum atomic E-state index is 5.39. The van der Waals surface area contributed by atoms with Gasteiger partial charge >= 0.3 is 0 Å². The fraction of sp³-hybridized carbons (Fsp3) is 0.333. The Morgan fingerprint density at radius 1 is 1.18 bits per heavy atom. The molecule has 2 heterocycles. The van der Waals surface area contributed by atoms with Crippen molar-refractivity contribution in [2.45, 2.75) is 26.8 Å². The van der Waals surface area contributed by atoms with Gasteiger partial charge in [0, 0.05) is 37.5 Å². The Morgan fingerprint density at radius 2 is 2.00 bits per heavy atom. The topological polar surface area (TPSA) is 63.0 Å². The third kappa shape index (κ3) is 5.60. The molecule has 0 aliphatic carbocycles. The van der Waals surface area contributed by atoms with Crippen molar-refractivity contribution >= 4 is 35.6 Å². The Labute approximate surface area is 183 Å². The second kappa shape index (κ2) is 10.9. The molecule has 150 valence electrons. The minimum absolute atomic E-state index is 0. The van der Waals surface area contributed by atoms with Crippen molar-refractivity contribution in [3.63, 3.8) is 0 Å². The molecular weight excluding hydrogens is 465 g/mol. The Bertz CT molecular complexity index is 922. The lowest BCUT2D eigenvalue weighted by molar-refractivity contribution is 0.410. The number of para-hydroxylation sites is 1. The summed E-state index contributed by atoms with van der Waals surface area (Å²) in [5.41, 5.74) is 4.33. The van der Waals surface area contributed by atoms with Gasteiger partial charge in [-0.25, -0.2) is 9.98 Å². The smallest absolute Gasteiger partial charge is 0.191 e. The van der Waals surface area contributed by atoms with Crippen LogP contribution in [-0.2, 0) is 13.0 Å². The Balaban J connectivity index is 0.00000280. The zero-order valence-electron chi connectivity index (χ0n) is 16.6. The summed E-state index contributed by atoms with van der Waals surface area (Å²) >= 11 is 0. The number of aromatic nitrogens is 2. The summed E-state index contributed by atoms with van der Waals surface area (Å²) in [5.74, 6) is 1.65. The number of methoxy groups -OCH3 is 1. The van der Waals surface area contributed by atoms with E-state index in [1.54, 1.807) is 7.11 Å². The number of hydrogen-bond donors (Lipinski definition) is 2. The molecular formula is C21H28IN5O. The summed E-state index contributed by atoms with van der Waals surface area (Å²) < 4.78 is 7.47. The van der Waals surface area contributed by atoms with Crippen LogP contribution in [0.25, 0.3) is 5.65 Å². The number of hydrogen-bond acceptors (Lipinski definition) is 3. The van der Waals surface area contributed by atoms with Gasteiger partial charge in [-0.05, 0) is 31.5 Å². The van der Waals surface area contributed by atoms with Crippen LogP contribution in [0.2, 0.25) is 0 Å². The first-order valence-corrected chi connectivity index (χ1v) is 9.28. The number of aryl methyl sites for hydroxylation is 1. The second-order valence-electron chi connectivity index (χ2n) is 6.34. The van der Waals surface area contributed by atoms with Crippen molar-refractivity contribution in [1.29, 1.82) is 0 Å². The van der Waals surface area contributed by atoms with Crippen LogP contribution in [0.15, 0.2) is 53.8 Å². The van der Waals surface area contributed by atoms with Gasteiger partial charge in [-0.1, -0.05) is 24.3 Å². The van der Waals surface area contributed by atoms with E-state index in [1.807, 2.05) is 36.5 Å². The van der Waals surface area contributed by atoms with Crippen molar-refractivity contribution in [1.82, 2.24) is 20.0 Å². The molecule has 0 amide bonds. The number of fused-ring (bicyclic) bond motifs is 1. The zero-order valence-corrected chi connectivity index (χ0v) is 18.9. The van der Waals surface area contributed by atoms with Gasteiger partial charge in [0.05, 0.1) is 19.3 Å². The van der Waals surface area contributed by atoms with Crippen molar-refractivity contribution in [2.75, 3.05) is 20.2 Å². The van der Waals surface area contributed by atoms with Gasteiger partial charge in [-0.15, -0.1) is 24.0 Å². The zero-order chi connectivity index (χ0) is 19.1. The van der Waals surface area contributed by atoms with Gasteiger partial charge in [0.15, 0.2) is 5.96 Å². The number of ether oxygens (including phenoxy) is 1. The molecule has 3 aromatic rings. The standard InChI is InChI=1S/C21H27N5O.HI/c1-4-22-21(24-14-17-9-5-6-10-19(17)27-3)23-12-11-18-15-26-13-7-8-16(2)20(26)25-18;/h5-10,13,15H,4,11-12,14H2,1-3H3,(H2,22,23,24);1H. The first-order valence-electron chi connectivity index (χ1n) is 9.28. The van der Waals surface area contributed by atoms with Crippen molar-refractivity contribution in [3.05, 3.63) is 65.6 Å². The number of guanidine groups is 1. The molecule has 2 aromatic heterocycles. The van der Waals surface area contributed by atoms with Crippen molar-refractivity contribution in [3.8, 4) is 5.75 Å². The maximum absolute atomic E-state index is 5.39. The molecule has 0 unspecified atom stereocenters. The minimum atomic E-state index is 0. The van der Waals surface area contributed by atoms with E-state index in [0.717, 1.165) is 48.1 Å². The van der Waals surface area contributed by atoms with Crippen LogP contribution >= 0.6 is 24.0 Å². The molecule has 1 aromatic carbocycles. The summed E-state index contributed by atoms with van der Waals surface area (Å²) in [6.07, 6.45) is 4.95. The first kappa shape index (κ1) is 22.0. The normalized spacial score (nSPS) is 11.2. The molecule has 0 saturated carbocycles. The fourth-order valence-corrected chi connectivity index (χ4v) is 2.97. The van der Waals surface area contributed by atoms with Crippen LogP contribution in [0.4, 0.5) is 0 Å². The van der Waals surface area contributed by atoms with Crippen LogP contribution in [-0.4, -0.2) is 35.5 Å². The summed E-state index contributed by atoms with van der Waals surface area (Å²) in [6, 6.07) is 12.1. The van der Waals surface area contributed by atoms with Crippen LogP contribution in [0.1, 0.15) is 23.7 Å². The summed E-state index contributed by atoms with van der Waals surface area (Å²) in [7, 11) is 1.68. The third-order valence-corrected chi connectivity index (χ3v) is 4.35. The number of rotatable bonds is 7. The van der Waals surface area contributed by atoms with Crippen molar-refractivity contribution in [2.24, 2.45) is 4.99 Å². The predicted octanol–water partition coefficient (Wildman–Crippen LogP) is 3.57. The average molecular weight is 493 g/mol. The Kier molecular flexibility index (Phi) is 8.56. The number of benzene rings is 1. The fourth-order valence-electron chi connectivity index (χ4n) is 2.97. The monoisotopic (exact) mass is 493 g/mol. The molecule has 3 rings (SSSR count). The van der Waals surface area contributed by atoms with E-state index in [2.05, 4.69) is 46.1 Å². The van der Waals surface area contributed by atoms with Crippen LogP contribution in [0.5, 0.6) is 5.75 Å². The van der Waals surface area contributed by atoms with E-state index in [-0.39, 0.29) is 24.0 Å². The number of nitrogens with one attached hydrogen (secondary N) is 2. The SMILES string of the molecule is CCNC(=NCc1ccccc1OC)NCCc1cn2cccc(C)c2n1.I. The van der Waals surface area contributed by atoms with E-state index in [4.69, 9.17) is 9.72 Å². The van der Waals surface area contributed by atoms with E-state index in [9.17, 15) is 0 Å². The molecule has 2 N–H and O–H groups in total. The summed E-state index contributed by atoms with van der Waals surface area (Å²) in [6.45, 7) is 6.28. The lowest BCUT2D eigenvalue weighted by atomic mass is 10.2. The third-order valence-electron chi connectivity index (χ3n) is 4.35. The molecule has 0 aliphatic rings. The minimum Gasteiger partial charge on any atom is -0.496 e. The molecule has 0 atom stereocenters. The highest BCUT2D eigenvalue weighted by Gasteiger charge is 2.05. The number of imidazole rings is 1. The molecule has 0 spiro atoms. The lowest BCUT2D eigenvalue weighted by Gasteiger charge is -2.11. The molecule has 6 nitrogen and oxygen atoms in total. The van der Waals surface area contributed by atoms with Crippen molar-refractivity contribution < 1.29 is 4.74 Å². The van der Waals surface area contributed by atoms with E-state index in [0.29, 0.717) is 6.54 Å². The number of pyridine rings is 1. The largest absolute Gasteiger partial charge is 0.496 e. The highest BCUT2D eigenvalue weighted by Crippen LogP contribution is 2.17. The molecule has 7 heteroatoms. The first-order chi connectivity index (χ1) is 13.2. The Morgan fingerprint density at radius 3 is 2.75 bits per heavy atom. The van der Waals surface area contributed by atoms with Crippen LogP contribution < -0.4 is 15.4 Å². The molecule has 0 radical (unpaired) electrons. The highest BCUT2D eigenvalue weighted by atomic mass is 127. The predicted molar refractivity (Wildman–Crippen MR) is 125 cm³/mol. The summed E-state index contributed by atoms with van der Waals surface area (Å²) in [5, 5.41) is 6.67. The second-order valence-corrected chi connectivity index (χ2v) is 6.34. The van der Waals surface area contributed by atoms with E-state index < -0.39 is 0 Å². The molecule has 0 bridgehead atoms. The van der Waals surface area contributed by atoms with Crippen LogP contribution in [0.3, 0.4) is 0 Å². The maximum Gasteiger partial charge on any atom is 0.191 e. The average Bonchev–Trinajstić information content (AvgIpc) is 3.10. The molecule has 0 aliphatic heterocycles. The van der Waals surface area contributed by atoms with E-state index in [1.165, 1.54) is 5.56 Å². The van der Waals surface area contributed by atoms with Gasteiger partial charge in [-0.3, -0.25) is 0 Å². The van der Waals surface area contributed by atoms with Gasteiger partial charge in [0.25, 0.3) is 0 Å². The van der Waals surface area contributed by atoms with Gasteiger partial charge in [0.2, 0.25) is 0 Å². The lowest BCUT2D eigenvalue weighted by Crippen LogP contribution is -2.38. The van der Waals surface area contributed by atoms with Gasteiger partial charge < -0.3 is 19.8 Å². The molecule has 0 fully saturated rings. The highest BCUT2D eigenvalue weighted by molar-refractivity contribution is 14.0. The number of nitrogens with zero attached hydrogens (tertiary/aromatic N) is 3. The quantitative estimate of drug-likeness (QED) is 0.300.